The van der Waals surface area contributed by atoms with E-state index in [0.717, 1.165) is 13.1 Å². The highest BCUT2D eigenvalue weighted by Crippen LogP contribution is 2.20. The van der Waals surface area contributed by atoms with E-state index in [0.29, 0.717) is 6.42 Å². The van der Waals surface area contributed by atoms with Gasteiger partial charge < -0.3 is 10.3 Å². The molecule has 0 radical (unpaired) electrons. The fraction of sp³-hybridized carbons (Fsp3) is 0.400. The summed E-state index contributed by atoms with van der Waals surface area (Å²) in [5.41, 5.74) is 2.36. The number of hydrogen-bond acceptors (Lipinski definition) is 2. The minimum Gasteiger partial charge on any atom is -0.357 e. The highest BCUT2D eigenvalue weighted by molar-refractivity contribution is 7.17. The molecule has 2 aromatic rings. The van der Waals surface area contributed by atoms with Gasteiger partial charge in [-0.3, -0.25) is 4.39 Å². The molecular weight excluding hydrogens is 199 g/mol. The number of alkyl halides is 1. The zero-order valence-corrected chi connectivity index (χ0v) is 8.66. The maximum absolute atomic E-state index is 11.8. The minimum atomic E-state index is -0.243. The topological polar surface area (TPSA) is 27.8 Å². The van der Waals surface area contributed by atoms with Crippen LogP contribution in [-0.2, 0) is 6.54 Å². The van der Waals surface area contributed by atoms with Gasteiger partial charge in [0.2, 0.25) is 0 Å². The predicted octanol–water partition coefficient (Wildman–Crippen LogP) is 2.68. The van der Waals surface area contributed by atoms with Gasteiger partial charge in [0.25, 0.3) is 0 Å². The lowest BCUT2D eigenvalue weighted by molar-refractivity contribution is 0.458. The normalized spacial score (nSPS) is 11.2. The zero-order chi connectivity index (χ0) is 9.80. The van der Waals surface area contributed by atoms with Crippen LogP contribution >= 0.6 is 11.3 Å². The number of aromatic amines is 1. The minimum absolute atomic E-state index is 0.243. The van der Waals surface area contributed by atoms with Crippen LogP contribution in [0.1, 0.15) is 12.1 Å². The van der Waals surface area contributed by atoms with Crippen LogP contribution in [0.2, 0.25) is 0 Å². The molecule has 2 aromatic heterocycles. The number of thiophene rings is 1. The molecule has 2 nitrogen and oxygen atoms in total. The first-order valence-corrected chi connectivity index (χ1v) is 5.60. The number of fused-ring (bicyclic) bond motifs is 1. The Labute approximate surface area is 86.1 Å². The lowest BCUT2D eigenvalue weighted by atomic mass is 10.4. The van der Waals surface area contributed by atoms with Crippen molar-refractivity contribution in [3.63, 3.8) is 0 Å². The Morgan fingerprint density at radius 2 is 2.43 bits per heavy atom. The summed E-state index contributed by atoms with van der Waals surface area (Å²) in [7, 11) is 0. The Hall–Kier alpha value is -0.870. The van der Waals surface area contributed by atoms with E-state index in [1.807, 2.05) is 0 Å². The molecule has 2 heterocycles. The molecular formula is C10H13FN2S. The Kier molecular flexibility index (Phi) is 3.16. The van der Waals surface area contributed by atoms with E-state index in [1.54, 1.807) is 11.3 Å². The summed E-state index contributed by atoms with van der Waals surface area (Å²) >= 11 is 1.73. The smallest absolute Gasteiger partial charge is 0.0906 e. The van der Waals surface area contributed by atoms with Gasteiger partial charge in [0.15, 0.2) is 0 Å². The Morgan fingerprint density at radius 3 is 3.21 bits per heavy atom. The summed E-state index contributed by atoms with van der Waals surface area (Å²) in [6.07, 6.45) is 0.592. The van der Waals surface area contributed by atoms with E-state index in [-0.39, 0.29) is 6.67 Å². The van der Waals surface area contributed by atoms with Gasteiger partial charge in [-0.15, -0.1) is 11.3 Å². The van der Waals surface area contributed by atoms with Crippen molar-refractivity contribution in [3.05, 3.63) is 23.2 Å². The number of nitrogens with one attached hydrogen (secondary N) is 2. The fourth-order valence-corrected chi connectivity index (χ4v) is 2.22. The molecule has 14 heavy (non-hydrogen) atoms. The average molecular weight is 212 g/mol. The lowest BCUT2D eigenvalue weighted by Crippen LogP contribution is -2.15. The molecule has 4 heteroatoms. The van der Waals surface area contributed by atoms with Gasteiger partial charge in [-0.1, -0.05) is 0 Å². The van der Waals surface area contributed by atoms with Crippen LogP contribution < -0.4 is 5.32 Å². The summed E-state index contributed by atoms with van der Waals surface area (Å²) < 4.78 is 13.1. The molecule has 2 rings (SSSR count). The summed E-state index contributed by atoms with van der Waals surface area (Å²) in [6, 6.07) is 4.22. The molecule has 0 saturated carbocycles. The number of H-pyrrole nitrogens is 1. The van der Waals surface area contributed by atoms with Crippen molar-refractivity contribution in [2.45, 2.75) is 13.0 Å². The molecule has 0 saturated heterocycles. The second-order valence-corrected chi connectivity index (χ2v) is 4.16. The zero-order valence-electron chi connectivity index (χ0n) is 7.85. The maximum atomic E-state index is 11.8. The largest absolute Gasteiger partial charge is 0.357 e. The summed E-state index contributed by atoms with van der Waals surface area (Å²) in [5.74, 6) is 0. The molecule has 0 aliphatic heterocycles. The van der Waals surface area contributed by atoms with Crippen LogP contribution in [0.15, 0.2) is 17.5 Å². The van der Waals surface area contributed by atoms with Crippen LogP contribution in [-0.4, -0.2) is 18.2 Å². The van der Waals surface area contributed by atoms with E-state index < -0.39 is 0 Å². The molecule has 0 atom stereocenters. The standard InChI is InChI=1S/C10H13FN2S/c11-3-1-4-12-7-8-6-10-9(13-8)2-5-14-10/h2,5-6,12-13H,1,3-4,7H2. The molecule has 0 unspecified atom stereocenters. The Balaban J connectivity index is 1.89. The quantitative estimate of drug-likeness (QED) is 0.733. The Morgan fingerprint density at radius 1 is 1.50 bits per heavy atom. The lowest BCUT2D eigenvalue weighted by Gasteiger charge is -1.99. The molecule has 76 valence electrons. The van der Waals surface area contributed by atoms with Crippen molar-refractivity contribution in [2.75, 3.05) is 13.2 Å². The number of aromatic nitrogens is 1. The van der Waals surface area contributed by atoms with Crippen molar-refractivity contribution in [3.8, 4) is 0 Å². The monoisotopic (exact) mass is 212 g/mol. The van der Waals surface area contributed by atoms with Crippen LogP contribution in [0.5, 0.6) is 0 Å². The molecule has 0 aliphatic rings. The van der Waals surface area contributed by atoms with Gasteiger partial charge >= 0.3 is 0 Å². The van der Waals surface area contributed by atoms with E-state index in [9.17, 15) is 4.39 Å². The first-order chi connectivity index (χ1) is 6.90. The van der Waals surface area contributed by atoms with E-state index in [2.05, 4.69) is 27.8 Å². The third-order valence-corrected chi connectivity index (χ3v) is 2.96. The van der Waals surface area contributed by atoms with E-state index in [1.165, 1.54) is 15.9 Å². The van der Waals surface area contributed by atoms with E-state index >= 15 is 0 Å². The van der Waals surface area contributed by atoms with Crippen molar-refractivity contribution < 1.29 is 4.39 Å². The molecule has 0 fully saturated rings. The highest BCUT2D eigenvalue weighted by atomic mass is 32.1. The molecule has 0 aromatic carbocycles. The fourth-order valence-electron chi connectivity index (χ4n) is 1.41. The first-order valence-electron chi connectivity index (χ1n) is 4.72. The van der Waals surface area contributed by atoms with Gasteiger partial charge in [0, 0.05) is 12.2 Å². The molecule has 2 N–H and O–H groups in total. The predicted molar refractivity (Wildman–Crippen MR) is 58.5 cm³/mol. The SMILES string of the molecule is FCCCNCc1cc2sccc2[nH]1. The molecule has 0 spiro atoms. The molecule has 0 bridgehead atoms. The van der Waals surface area contributed by atoms with Crippen LogP contribution in [0.3, 0.4) is 0 Å². The van der Waals surface area contributed by atoms with Crippen molar-refractivity contribution in [1.82, 2.24) is 10.3 Å². The number of halogens is 1. The second-order valence-electron chi connectivity index (χ2n) is 3.21. The summed E-state index contributed by atoms with van der Waals surface area (Å²) in [4.78, 5) is 3.31. The third kappa shape index (κ3) is 2.13. The summed E-state index contributed by atoms with van der Waals surface area (Å²) in [6.45, 7) is 1.29. The van der Waals surface area contributed by atoms with Gasteiger partial charge in [0.1, 0.15) is 0 Å². The number of rotatable bonds is 5. The van der Waals surface area contributed by atoms with Crippen LogP contribution in [0, 0.1) is 0 Å². The first kappa shape index (κ1) is 9.68. The van der Waals surface area contributed by atoms with Gasteiger partial charge in [0.05, 0.1) is 16.9 Å². The Bertz CT molecular complexity index is 365. The molecule has 0 amide bonds. The van der Waals surface area contributed by atoms with Gasteiger partial charge in [-0.05, 0) is 30.5 Å². The maximum Gasteiger partial charge on any atom is 0.0906 e. The van der Waals surface area contributed by atoms with Crippen molar-refractivity contribution >= 4 is 21.6 Å². The van der Waals surface area contributed by atoms with E-state index in [4.69, 9.17) is 0 Å². The van der Waals surface area contributed by atoms with Gasteiger partial charge in [-0.2, -0.15) is 0 Å². The molecule has 0 aliphatic carbocycles. The average Bonchev–Trinajstić information content (AvgIpc) is 2.72. The van der Waals surface area contributed by atoms with Crippen molar-refractivity contribution in [2.24, 2.45) is 0 Å². The third-order valence-electron chi connectivity index (χ3n) is 2.10. The second kappa shape index (κ2) is 4.57. The van der Waals surface area contributed by atoms with Crippen molar-refractivity contribution in [1.29, 1.82) is 0 Å². The number of hydrogen-bond donors (Lipinski definition) is 2. The van der Waals surface area contributed by atoms with Crippen LogP contribution in [0.25, 0.3) is 10.2 Å². The highest BCUT2D eigenvalue weighted by Gasteiger charge is 2.00. The van der Waals surface area contributed by atoms with Crippen LogP contribution in [0.4, 0.5) is 4.39 Å². The van der Waals surface area contributed by atoms with Gasteiger partial charge in [-0.25, -0.2) is 0 Å². The summed E-state index contributed by atoms with van der Waals surface area (Å²) in [5, 5.41) is 5.26.